The molecule has 0 rings (SSSR count). The summed E-state index contributed by atoms with van der Waals surface area (Å²) in [5.74, 6) is -2.20. The minimum absolute atomic E-state index is 0. The summed E-state index contributed by atoms with van der Waals surface area (Å²) >= 11 is 0. The molecule has 4 nitrogen and oxygen atoms in total. The molecule has 1 N–H and O–H groups in total. The van der Waals surface area contributed by atoms with Crippen LogP contribution in [0.2, 0.25) is 0 Å². The second-order valence-electron chi connectivity index (χ2n) is 2.20. The van der Waals surface area contributed by atoms with E-state index >= 15 is 0 Å². The summed E-state index contributed by atoms with van der Waals surface area (Å²) in [6.07, 6.45) is 0. The number of carbonyl (C=O) groups excluding carboxylic acids is 1. The molecule has 0 aromatic rings. The Kier molecular flexibility index (Phi) is 15.8. The van der Waals surface area contributed by atoms with Crippen LogP contribution in [0.25, 0.3) is 0 Å². The van der Waals surface area contributed by atoms with Crippen molar-refractivity contribution in [3.05, 3.63) is 0 Å². The minimum atomic E-state index is -1.38. The van der Waals surface area contributed by atoms with Gasteiger partial charge in [0.15, 0.2) is 0 Å². The van der Waals surface area contributed by atoms with E-state index in [-0.39, 0.29) is 31.0 Å². The average molecular weight is 171 g/mol. The van der Waals surface area contributed by atoms with Crippen molar-refractivity contribution in [2.45, 2.75) is 6.92 Å². The van der Waals surface area contributed by atoms with Gasteiger partial charge >= 0.3 is 35.5 Å². The third kappa shape index (κ3) is 39.4. The number of hydrogen-bond donors (Lipinski definition) is 1. The van der Waals surface area contributed by atoms with Crippen LogP contribution in [-0.2, 0) is 9.59 Å². The molecule has 0 radical (unpaired) electrons. The Morgan fingerprint density at radius 3 is 1.36 bits per heavy atom. The minimum Gasteiger partial charge on any atom is -1.00 e. The Morgan fingerprint density at radius 1 is 1.27 bits per heavy atom. The van der Waals surface area contributed by atoms with Crippen molar-refractivity contribution >= 4 is 11.8 Å². The van der Waals surface area contributed by atoms with Crippen molar-refractivity contribution in [2.75, 3.05) is 21.1 Å². The predicted octanol–water partition coefficient (Wildman–Crippen LogP) is -3.05. The molecule has 62 valence electrons. The number of carbonyl (C=O) groups is 2. The summed E-state index contributed by atoms with van der Waals surface area (Å²) < 4.78 is 0. The molecular weight excluding hydrogens is 157 g/mol. The molecule has 11 heavy (non-hydrogen) atoms. The molecule has 0 amide bonds. The van der Waals surface area contributed by atoms with Crippen LogP contribution in [0.3, 0.4) is 0 Å². The van der Waals surface area contributed by atoms with Gasteiger partial charge in [-0.15, -0.1) is 0 Å². The van der Waals surface area contributed by atoms with Gasteiger partial charge in [-0.05, 0) is 21.1 Å². The molecule has 0 bridgehead atoms. The fourth-order valence-corrected chi connectivity index (χ4v) is 0. The summed E-state index contributed by atoms with van der Waals surface area (Å²) in [6, 6.07) is 0. The average Bonchev–Trinajstić information content (AvgIpc) is 1.63. The van der Waals surface area contributed by atoms with Gasteiger partial charge in [-0.2, -0.15) is 0 Å². The zero-order valence-electron chi connectivity index (χ0n) is 8.71. The Labute approximate surface area is 90.3 Å². The maximum atomic E-state index is 9.54. The molecule has 0 aromatic carbocycles. The van der Waals surface area contributed by atoms with Crippen LogP contribution in [0.1, 0.15) is 8.35 Å². The number of carboxylic acids is 1. The van der Waals surface area contributed by atoms with E-state index in [0.29, 0.717) is 0 Å². The number of ketones is 1. The zero-order valence-corrected chi connectivity index (χ0v) is 9.71. The number of aliphatic carboxylic acids is 1. The Hall–Kier alpha value is 0.1000. The van der Waals surface area contributed by atoms with E-state index in [9.17, 15) is 9.59 Å². The summed E-state index contributed by atoms with van der Waals surface area (Å²) in [7, 11) is 6.00. The van der Waals surface area contributed by atoms with Crippen molar-refractivity contribution in [3.63, 3.8) is 0 Å². The van der Waals surface area contributed by atoms with Crippen molar-refractivity contribution in [2.24, 2.45) is 0 Å². The van der Waals surface area contributed by atoms with E-state index in [1.807, 2.05) is 26.0 Å². The van der Waals surface area contributed by atoms with E-state index in [2.05, 4.69) is 0 Å². The molecule has 5 heteroatoms. The van der Waals surface area contributed by atoms with Gasteiger partial charge in [-0.25, -0.2) is 4.79 Å². The molecule has 0 aliphatic rings. The first kappa shape index (κ1) is 17.3. The molecule has 0 saturated carbocycles. The van der Waals surface area contributed by atoms with E-state index in [0.717, 1.165) is 6.92 Å². The molecule has 0 unspecified atom stereocenters. The first-order chi connectivity index (χ1) is 4.37. The molecule has 0 atom stereocenters. The normalized spacial score (nSPS) is 7.36. The maximum Gasteiger partial charge on any atom is 1.00 e. The molecule has 0 fully saturated rings. The number of carboxylic acid groups (broad SMARTS) is 1. The molecule has 0 saturated heterocycles. The first-order valence-electron chi connectivity index (χ1n) is 2.72. The third-order valence-corrected chi connectivity index (χ3v) is 0.301. The second-order valence-corrected chi connectivity index (χ2v) is 2.20. The van der Waals surface area contributed by atoms with Gasteiger partial charge in [-0.1, -0.05) is 0 Å². The van der Waals surface area contributed by atoms with Crippen LogP contribution in [0.5, 0.6) is 0 Å². The van der Waals surface area contributed by atoms with Gasteiger partial charge < -0.3 is 11.4 Å². The van der Waals surface area contributed by atoms with Crippen LogP contribution in [0.15, 0.2) is 0 Å². The fourth-order valence-electron chi connectivity index (χ4n) is 0. The fraction of sp³-hybridized carbons (Fsp3) is 0.667. The second kappa shape index (κ2) is 10.1. The van der Waals surface area contributed by atoms with Gasteiger partial charge in [0.25, 0.3) is 0 Å². The Bertz CT molecular complexity index is 115. The zero-order chi connectivity index (χ0) is 8.73. The van der Waals surface area contributed by atoms with Gasteiger partial charge in [0.2, 0.25) is 5.78 Å². The molecule has 0 heterocycles. The largest absolute Gasteiger partial charge is 1.00 e. The van der Waals surface area contributed by atoms with Gasteiger partial charge in [0, 0.05) is 6.92 Å². The van der Waals surface area contributed by atoms with Crippen LogP contribution in [0, 0.1) is 0 Å². The number of rotatable bonds is 1. The van der Waals surface area contributed by atoms with Gasteiger partial charge in [0.05, 0.1) is 0 Å². The van der Waals surface area contributed by atoms with Crippen LogP contribution < -0.4 is 29.6 Å². The topological polar surface area (TPSA) is 57.6 Å². The van der Waals surface area contributed by atoms with E-state index in [1.165, 1.54) is 0 Å². The van der Waals surface area contributed by atoms with E-state index in [1.54, 1.807) is 0 Å². The monoisotopic (exact) mass is 171 g/mol. The van der Waals surface area contributed by atoms with Crippen molar-refractivity contribution in [1.29, 1.82) is 0 Å². The quantitative estimate of drug-likeness (QED) is 0.336. The van der Waals surface area contributed by atoms with Crippen molar-refractivity contribution in [1.82, 2.24) is 4.90 Å². The van der Waals surface area contributed by atoms with E-state index < -0.39 is 11.8 Å². The van der Waals surface area contributed by atoms with Crippen LogP contribution >= 0.6 is 0 Å². The maximum absolute atomic E-state index is 9.54. The summed E-state index contributed by atoms with van der Waals surface area (Å²) in [5, 5.41) is 7.64. The molecule has 0 spiro atoms. The third-order valence-electron chi connectivity index (χ3n) is 0.301. The predicted molar refractivity (Wildman–Crippen MR) is 39.0 cm³/mol. The summed E-state index contributed by atoms with van der Waals surface area (Å²) in [6.45, 7) is 1.00. The molecule has 0 aliphatic carbocycles. The van der Waals surface area contributed by atoms with E-state index in [4.69, 9.17) is 5.11 Å². The standard InChI is InChI=1S/C3H9N.C3H4O3.Na.H/c1-4(2)3;1-2(4)3(5)6;;/h1-3H3;1H3,(H,5,6);;/q;;+1;-1. The Balaban J connectivity index is -0.0000000483. The van der Waals surface area contributed by atoms with Gasteiger partial charge in [0.1, 0.15) is 0 Å². The number of Topliss-reactive ketones (excluding diaryl/α,β-unsaturated/α-hetero) is 1. The SMILES string of the molecule is CC(=O)C(=O)O.CN(C)C.[H-].[Na+]. The van der Waals surface area contributed by atoms with Crippen molar-refractivity contribution < 1.29 is 45.7 Å². The summed E-state index contributed by atoms with van der Waals surface area (Å²) in [4.78, 5) is 20.9. The Morgan fingerprint density at radius 2 is 1.36 bits per heavy atom. The molecule has 0 aromatic heterocycles. The van der Waals surface area contributed by atoms with Crippen molar-refractivity contribution in [3.8, 4) is 0 Å². The molecular formula is C6H14NNaO3. The molecule has 0 aliphatic heterocycles. The van der Waals surface area contributed by atoms with Crippen LogP contribution in [0.4, 0.5) is 0 Å². The number of nitrogens with zero attached hydrogens (tertiary/aromatic N) is 1. The smallest absolute Gasteiger partial charge is 1.00 e. The number of hydrogen-bond acceptors (Lipinski definition) is 3. The first-order valence-corrected chi connectivity index (χ1v) is 2.72. The summed E-state index contributed by atoms with van der Waals surface area (Å²) in [5.41, 5.74) is 0. The van der Waals surface area contributed by atoms with Gasteiger partial charge in [-0.3, -0.25) is 4.79 Å². The van der Waals surface area contributed by atoms with Crippen LogP contribution in [-0.4, -0.2) is 42.9 Å².